The summed E-state index contributed by atoms with van der Waals surface area (Å²) in [6, 6.07) is 21.7. The molecule has 184 valence electrons. The van der Waals surface area contributed by atoms with E-state index < -0.39 is 0 Å². The van der Waals surface area contributed by atoms with Gasteiger partial charge in [-0.1, -0.05) is 37.3 Å². The van der Waals surface area contributed by atoms with Crippen LogP contribution in [0.25, 0.3) is 0 Å². The highest BCUT2D eigenvalue weighted by Gasteiger charge is 2.37. The molecular weight excluding hydrogens is 456 g/mol. The normalized spacial score (nSPS) is 17.7. The molecule has 2 unspecified atom stereocenters. The van der Waals surface area contributed by atoms with Gasteiger partial charge >= 0.3 is 0 Å². The summed E-state index contributed by atoms with van der Waals surface area (Å²) in [5.41, 5.74) is 2.37. The maximum atomic E-state index is 12.9. The minimum absolute atomic E-state index is 0.0632. The summed E-state index contributed by atoms with van der Waals surface area (Å²) in [5, 5.41) is 2.97. The third-order valence-corrected chi connectivity index (χ3v) is 6.64. The van der Waals surface area contributed by atoms with Gasteiger partial charge in [-0.3, -0.25) is 19.3 Å². The monoisotopic (exact) mass is 484 g/mol. The van der Waals surface area contributed by atoms with Crippen LogP contribution in [0, 0.1) is 0 Å². The van der Waals surface area contributed by atoms with Gasteiger partial charge in [0.2, 0.25) is 5.91 Å². The zero-order chi connectivity index (χ0) is 25.1. The van der Waals surface area contributed by atoms with Crippen molar-refractivity contribution in [2.24, 2.45) is 0 Å². The molecule has 0 saturated carbocycles. The van der Waals surface area contributed by atoms with Crippen molar-refractivity contribution in [3.05, 3.63) is 89.5 Å². The second-order valence-electron chi connectivity index (χ2n) is 9.05. The molecule has 36 heavy (non-hydrogen) atoms. The number of ether oxygens (including phenoxy) is 2. The molecule has 0 aliphatic carbocycles. The minimum Gasteiger partial charge on any atom is -0.457 e. The van der Waals surface area contributed by atoms with Crippen molar-refractivity contribution in [1.82, 2.24) is 4.90 Å². The van der Waals surface area contributed by atoms with Crippen LogP contribution < -0.4 is 10.1 Å². The number of imide groups is 1. The Bertz CT molecular complexity index is 1270. The zero-order valence-electron chi connectivity index (χ0n) is 20.1. The van der Waals surface area contributed by atoms with E-state index in [1.165, 1.54) is 4.90 Å². The minimum atomic E-state index is -0.321. The lowest BCUT2D eigenvalue weighted by Crippen LogP contribution is -2.36. The molecule has 3 aromatic carbocycles. The summed E-state index contributed by atoms with van der Waals surface area (Å²) < 4.78 is 11.5. The number of carbonyl (C=O) groups is 3. The second-order valence-corrected chi connectivity index (χ2v) is 9.05. The quantitative estimate of drug-likeness (QED) is 0.434. The Morgan fingerprint density at radius 3 is 2.42 bits per heavy atom. The number of amides is 3. The SMILES string of the molecule is CCC(C(=O)Nc1ccc(Oc2ccc3c(c2)C(=O)N(CC2CCCO2)C3=O)cc1)c1ccccc1. The number of rotatable bonds is 8. The summed E-state index contributed by atoms with van der Waals surface area (Å²) >= 11 is 0. The van der Waals surface area contributed by atoms with Crippen LogP contribution >= 0.6 is 0 Å². The third-order valence-electron chi connectivity index (χ3n) is 6.64. The van der Waals surface area contributed by atoms with E-state index in [0.29, 0.717) is 41.3 Å². The summed E-state index contributed by atoms with van der Waals surface area (Å²) in [4.78, 5) is 39.7. The molecule has 2 atom stereocenters. The van der Waals surface area contributed by atoms with Gasteiger partial charge in [0.1, 0.15) is 11.5 Å². The molecule has 1 saturated heterocycles. The maximum Gasteiger partial charge on any atom is 0.261 e. The van der Waals surface area contributed by atoms with Crippen LogP contribution in [0.3, 0.4) is 0 Å². The van der Waals surface area contributed by atoms with Gasteiger partial charge in [0.25, 0.3) is 11.8 Å². The average Bonchev–Trinajstić information content (AvgIpc) is 3.49. The number of benzene rings is 3. The number of fused-ring (bicyclic) bond motifs is 1. The molecule has 1 N–H and O–H groups in total. The molecule has 2 heterocycles. The van der Waals surface area contributed by atoms with Gasteiger partial charge in [0.15, 0.2) is 0 Å². The van der Waals surface area contributed by atoms with Crippen LogP contribution in [-0.2, 0) is 9.53 Å². The molecule has 0 bridgehead atoms. The Balaban J connectivity index is 1.23. The predicted octanol–water partition coefficient (Wildman–Crippen LogP) is 5.39. The number of nitrogens with zero attached hydrogens (tertiary/aromatic N) is 1. The van der Waals surface area contributed by atoms with E-state index in [-0.39, 0.29) is 36.3 Å². The molecule has 3 amide bonds. The fourth-order valence-electron chi connectivity index (χ4n) is 4.72. The standard InChI is InChI=1S/C29H28N2O5/c1-2-24(19-7-4-3-5-8-19)27(32)30-20-10-12-21(13-11-20)36-22-14-15-25-26(17-22)29(34)31(28(25)33)18-23-9-6-16-35-23/h3-5,7-8,10-15,17,23-24H,2,6,9,16,18H2,1H3,(H,30,32). The van der Waals surface area contributed by atoms with Gasteiger partial charge in [-0.25, -0.2) is 0 Å². The first kappa shape index (κ1) is 23.8. The van der Waals surface area contributed by atoms with E-state index >= 15 is 0 Å². The lowest BCUT2D eigenvalue weighted by Gasteiger charge is -2.17. The highest BCUT2D eigenvalue weighted by Crippen LogP contribution is 2.31. The highest BCUT2D eigenvalue weighted by molar-refractivity contribution is 6.21. The van der Waals surface area contributed by atoms with E-state index in [1.54, 1.807) is 42.5 Å². The lowest BCUT2D eigenvalue weighted by molar-refractivity contribution is -0.117. The Labute approximate surface area is 210 Å². The van der Waals surface area contributed by atoms with E-state index in [2.05, 4.69) is 5.32 Å². The Morgan fingerprint density at radius 1 is 1.00 bits per heavy atom. The molecule has 1 fully saturated rings. The molecule has 7 nitrogen and oxygen atoms in total. The van der Waals surface area contributed by atoms with E-state index in [0.717, 1.165) is 18.4 Å². The predicted molar refractivity (Wildman–Crippen MR) is 135 cm³/mol. The second kappa shape index (κ2) is 10.3. The van der Waals surface area contributed by atoms with Crippen LogP contribution in [-0.4, -0.2) is 41.9 Å². The largest absolute Gasteiger partial charge is 0.457 e. The molecule has 5 rings (SSSR count). The number of hydrogen-bond acceptors (Lipinski definition) is 5. The van der Waals surface area contributed by atoms with Gasteiger partial charge in [0, 0.05) is 12.3 Å². The number of anilines is 1. The first-order chi connectivity index (χ1) is 17.5. The van der Waals surface area contributed by atoms with Crippen molar-refractivity contribution in [1.29, 1.82) is 0 Å². The van der Waals surface area contributed by atoms with Crippen molar-refractivity contribution in [3.8, 4) is 11.5 Å². The summed E-state index contributed by atoms with van der Waals surface area (Å²) in [5.74, 6) is 0.105. The zero-order valence-corrected chi connectivity index (χ0v) is 20.1. The maximum absolute atomic E-state index is 12.9. The molecule has 2 aliphatic heterocycles. The Morgan fingerprint density at radius 2 is 1.72 bits per heavy atom. The van der Waals surface area contributed by atoms with Gasteiger partial charge in [-0.2, -0.15) is 0 Å². The Kier molecular flexibility index (Phi) is 6.82. The van der Waals surface area contributed by atoms with E-state index in [4.69, 9.17) is 9.47 Å². The highest BCUT2D eigenvalue weighted by atomic mass is 16.5. The van der Waals surface area contributed by atoms with Crippen LogP contribution in [0.5, 0.6) is 11.5 Å². The van der Waals surface area contributed by atoms with Crippen molar-refractivity contribution in [2.75, 3.05) is 18.5 Å². The first-order valence-corrected chi connectivity index (χ1v) is 12.3. The van der Waals surface area contributed by atoms with Crippen LogP contribution in [0.2, 0.25) is 0 Å². The Hall–Kier alpha value is -3.97. The van der Waals surface area contributed by atoms with Gasteiger partial charge in [-0.15, -0.1) is 0 Å². The lowest BCUT2D eigenvalue weighted by atomic mass is 9.95. The topological polar surface area (TPSA) is 84.9 Å². The van der Waals surface area contributed by atoms with Crippen molar-refractivity contribution < 1.29 is 23.9 Å². The molecule has 0 aromatic heterocycles. The molecule has 2 aliphatic rings. The smallest absolute Gasteiger partial charge is 0.261 e. The van der Waals surface area contributed by atoms with Crippen molar-refractivity contribution >= 4 is 23.4 Å². The van der Waals surface area contributed by atoms with Crippen molar-refractivity contribution in [2.45, 2.75) is 38.2 Å². The van der Waals surface area contributed by atoms with Crippen molar-refractivity contribution in [3.63, 3.8) is 0 Å². The fraction of sp³-hybridized carbons (Fsp3) is 0.276. The molecule has 0 spiro atoms. The van der Waals surface area contributed by atoms with E-state index in [9.17, 15) is 14.4 Å². The number of hydrogen-bond donors (Lipinski definition) is 1. The van der Waals surface area contributed by atoms with Gasteiger partial charge in [0.05, 0.1) is 29.7 Å². The summed E-state index contributed by atoms with van der Waals surface area (Å²) in [7, 11) is 0. The molecular formula is C29H28N2O5. The molecule has 3 aromatic rings. The van der Waals surface area contributed by atoms with Gasteiger partial charge in [-0.05, 0) is 67.3 Å². The molecule has 0 radical (unpaired) electrons. The van der Waals surface area contributed by atoms with Crippen LogP contribution in [0.15, 0.2) is 72.8 Å². The fourth-order valence-corrected chi connectivity index (χ4v) is 4.72. The van der Waals surface area contributed by atoms with Crippen LogP contribution in [0.1, 0.15) is 58.4 Å². The summed E-state index contributed by atoms with van der Waals surface area (Å²) in [6.45, 7) is 2.93. The molecule has 7 heteroatoms. The van der Waals surface area contributed by atoms with Gasteiger partial charge < -0.3 is 14.8 Å². The van der Waals surface area contributed by atoms with E-state index in [1.807, 2.05) is 37.3 Å². The number of carbonyl (C=O) groups excluding carboxylic acids is 3. The number of nitrogens with one attached hydrogen (secondary N) is 1. The summed E-state index contributed by atoms with van der Waals surface area (Å²) in [6.07, 6.45) is 2.40. The first-order valence-electron chi connectivity index (χ1n) is 12.3. The van der Waals surface area contributed by atoms with Crippen LogP contribution in [0.4, 0.5) is 5.69 Å². The third kappa shape index (κ3) is 4.88. The average molecular weight is 485 g/mol.